The van der Waals surface area contributed by atoms with E-state index in [0.29, 0.717) is 5.82 Å². The summed E-state index contributed by atoms with van der Waals surface area (Å²) < 4.78 is 0.963. The van der Waals surface area contributed by atoms with Gasteiger partial charge in [0.25, 0.3) is 0 Å². The zero-order valence-corrected chi connectivity index (χ0v) is 11.3. The van der Waals surface area contributed by atoms with Gasteiger partial charge in [-0.05, 0) is 37.3 Å². The van der Waals surface area contributed by atoms with Crippen molar-refractivity contribution in [1.82, 2.24) is 15.0 Å². The Labute approximate surface area is 114 Å². The summed E-state index contributed by atoms with van der Waals surface area (Å²) in [5, 5.41) is 1.13. The molecule has 0 atom stereocenters. The minimum absolute atomic E-state index is 0.559. The molecular weight excluding hydrogens is 256 g/mol. The standard InChI is InChI=1S/C14H14N4S/c15-13-12-11(16-7-17-13)9-6-8-4-2-1-3-5-10(8)18-14(9)19-12/h6-7H,1-5H2,(H2,15,16,17). The molecular formula is C14H14N4S. The Bertz CT molecular complexity index is 778. The monoisotopic (exact) mass is 270 g/mol. The van der Waals surface area contributed by atoms with E-state index in [-0.39, 0.29) is 0 Å². The van der Waals surface area contributed by atoms with E-state index in [1.807, 2.05) is 0 Å². The predicted molar refractivity (Wildman–Crippen MR) is 78.4 cm³/mol. The minimum atomic E-state index is 0.559. The molecule has 4 rings (SSSR count). The molecule has 3 heterocycles. The fraction of sp³-hybridized carbons (Fsp3) is 0.357. The molecule has 4 nitrogen and oxygen atoms in total. The van der Waals surface area contributed by atoms with Gasteiger partial charge in [0.2, 0.25) is 0 Å². The van der Waals surface area contributed by atoms with Crippen LogP contribution in [-0.2, 0) is 12.8 Å². The molecule has 1 aliphatic carbocycles. The number of anilines is 1. The summed E-state index contributed by atoms with van der Waals surface area (Å²) in [6.45, 7) is 0. The highest BCUT2D eigenvalue weighted by atomic mass is 32.1. The van der Waals surface area contributed by atoms with E-state index in [4.69, 9.17) is 10.7 Å². The van der Waals surface area contributed by atoms with Gasteiger partial charge in [0, 0.05) is 11.1 Å². The first-order chi connectivity index (χ1) is 9.33. The van der Waals surface area contributed by atoms with Crippen LogP contribution in [0.5, 0.6) is 0 Å². The third-order valence-electron chi connectivity index (χ3n) is 3.80. The summed E-state index contributed by atoms with van der Waals surface area (Å²) >= 11 is 1.61. The second-order valence-electron chi connectivity index (χ2n) is 5.05. The van der Waals surface area contributed by atoms with Crippen molar-refractivity contribution < 1.29 is 0 Å². The number of thiophene rings is 1. The number of aromatic nitrogens is 3. The smallest absolute Gasteiger partial charge is 0.144 e. The summed E-state index contributed by atoms with van der Waals surface area (Å²) in [4.78, 5) is 14.3. The van der Waals surface area contributed by atoms with Gasteiger partial charge >= 0.3 is 0 Å². The van der Waals surface area contributed by atoms with Crippen LogP contribution in [0.25, 0.3) is 20.4 Å². The van der Waals surface area contributed by atoms with Gasteiger partial charge in [-0.1, -0.05) is 6.42 Å². The normalized spacial score (nSPS) is 15.6. The maximum absolute atomic E-state index is 5.93. The lowest BCUT2D eigenvalue weighted by Gasteiger charge is -2.04. The fourth-order valence-corrected chi connectivity index (χ4v) is 3.85. The molecule has 19 heavy (non-hydrogen) atoms. The Morgan fingerprint density at radius 3 is 2.95 bits per heavy atom. The van der Waals surface area contributed by atoms with Crippen LogP contribution in [0.4, 0.5) is 5.82 Å². The zero-order valence-electron chi connectivity index (χ0n) is 10.5. The average Bonchev–Trinajstić information content (AvgIpc) is 2.62. The zero-order chi connectivity index (χ0) is 12.8. The summed E-state index contributed by atoms with van der Waals surface area (Å²) in [6, 6.07) is 2.27. The Balaban J connectivity index is 2.06. The largest absolute Gasteiger partial charge is 0.382 e. The quantitative estimate of drug-likeness (QED) is 0.637. The molecule has 2 N–H and O–H groups in total. The molecule has 0 fully saturated rings. The molecule has 5 heteroatoms. The van der Waals surface area contributed by atoms with Crippen molar-refractivity contribution in [1.29, 1.82) is 0 Å². The average molecular weight is 270 g/mol. The van der Waals surface area contributed by atoms with Gasteiger partial charge in [-0.15, -0.1) is 11.3 Å². The highest BCUT2D eigenvalue weighted by Gasteiger charge is 2.15. The summed E-state index contributed by atoms with van der Waals surface area (Å²) in [5.74, 6) is 0.559. The third-order valence-corrected chi connectivity index (χ3v) is 4.91. The van der Waals surface area contributed by atoms with E-state index in [0.717, 1.165) is 33.3 Å². The van der Waals surface area contributed by atoms with Crippen LogP contribution in [0.2, 0.25) is 0 Å². The number of hydrogen-bond donors (Lipinski definition) is 1. The van der Waals surface area contributed by atoms with Crippen molar-refractivity contribution in [3.05, 3.63) is 23.7 Å². The van der Waals surface area contributed by atoms with Crippen LogP contribution in [-0.4, -0.2) is 15.0 Å². The predicted octanol–water partition coefficient (Wildman–Crippen LogP) is 3.09. The van der Waals surface area contributed by atoms with Crippen LogP contribution in [0, 0.1) is 0 Å². The van der Waals surface area contributed by atoms with E-state index in [9.17, 15) is 0 Å². The van der Waals surface area contributed by atoms with Crippen LogP contribution in [0.1, 0.15) is 30.5 Å². The first kappa shape index (κ1) is 11.1. The van der Waals surface area contributed by atoms with Crippen LogP contribution in [0.3, 0.4) is 0 Å². The molecule has 3 aromatic heterocycles. The number of hydrogen-bond acceptors (Lipinski definition) is 5. The molecule has 0 saturated heterocycles. The molecule has 96 valence electrons. The Morgan fingerprint density at radius 2 is 2.00 bits per heavy atom. The van der Waals surface area contributed by atoms with Gasteiger partial charge in [-0.25, -0.2) is 15.0 Å². The molecule has 0 radical (unpaired) electrons. The number of fused-ring (bicyclic) bond motifs is 4. The van der Waals surface area contributed by atoms with Gasteiger partial charge in [0.05, 0.1) is 10.2 Å². The molecule has 1 aliphatic rings. The minimum Gasteiger partial charge on any atom is -0.382 e. The highest BCUT2D eigenvalue weighted by molar-refractivity contribution is 7.25. The molecule has 0 unspecified atom stereocenters. The Kier molecular flexibility index (Phi) is 2.41. The third kappa shape index (κ3) is 1.69. The lowest BCUT2D eigenvalue weighted by molar-refractivity contribution is 0.709. The summed E-state index contributed by atoms with van der Waals surface area (Å²) in [6.07, 6.45) is 7.59. The number of aryl methyl sites for hydroxylation is 2. The molecule has 0 spiro atoms. The maximum atomic E-state index is 5.93. The van der Waals surface area contributed by atoms with Crippen molar-refractivity contribution in [2.75, 3.05) is 5.73 Å². The van der Waals surface area contributed by atoms with Crippen molar-refractivity contribution in [3.8, 4) is 0 Å². The van der Waals surface area contributed by atoms with E-state index in [2.05, 4.69) is 16.0 Å². The Morgan fingerprint density at radius 1 is 1.11 bits per heavy atom. The van der Waals surface area contributed by atoms with E-state index in [1.165, 1.54) is 36.8 Å². The number of nitrogen functional groups attached to an aromatic ring is 1. The number of pyridine rings is 1. The molecule has 0 aromatic carbocycles. The number of rotatable bonds is 0. The van der Waals surface area contributed by atoms with Crippen molar-refractivity contribution >= 4 is 37.6 Å². The van der Waals surface area contributed by atoms with Crippen LogP contribution >= 0.6 is 11.3 Å². The second-order valence-corrected chi connectivity index (χ2v) is 6.05. The highest BCUT2D eigenvalue weighted by Crippen LogP contribution is 2.35. The first-order valence-electron chi connectivity index (χ1n) is 6.64. The summed E-state index contributed by atoms with van der Waals surface area (Å²) in [5.41, 5.74) is 9.54. The van der Waals surface area contributed by atoms with Gasteiger partial charge in [0.1, 0.15) is 17.0 Å². The topological polar surface area (TPSA) is 64.7 Å². The lowest BCUT2D eigenvalue weighted by Crippen LogP contribution is -1.94. The lowest BCUT2D eigenvalue weighted by atomic mass is 10.1. The van der Waals surface area contributed by atoms with Crippen molar-refractivity contribution in [2.45, 2.75) is 32.1 Å². The molecule has 0 saturated carbocycles. The van der Waals surface area contributed by atoms with Crippen molar-refractivity contribution in [3.63, 3.8) is 0 Å². The van der Waals surface area contributed by atoms with Gasteiger partial charge in [-0.3, -0.25) is 0 Å². The SMILES string of the molecule is Nc1ncnc2c1sc1nc3c(cc12)CCCCC3. The fourth-order valence-electron chi connectivity index (χ4n) is 2.82. The van der Waals surface area contributed by atoms with Crippen LogP contribution < -0.4 is 5.73 Å². The summed E-state index contributed by atoms with van der Waals surface area (Å²) in [7, 11) is 0. The molecule has 0 aliphatic heterocycles. The van der Waals surface area contributed by atoms with Gasteiger partial charge < -0.3 is 5.73 Å². The van der Waals surface area contributed by atoms with Gasteiger partial charge in [0.15, 0.2) is 0 Å². The van der Waals surface area contributed by atoms with E-state index < -0.39 is 0 Å². The van der Waals surface area contributed by atoms with E-state index in [1.54, 1.807) is 11.3 Å². The molecule has 0 amide bonds. The Hall–Kier alpha value is -1.75. The second kappa shape index (κ2) is 4.13. The number of nitrogens with two attached hydrogens (primary N) is 1. The molecule has 0 bridgehead atoms. The number of nitrogens with zero attached hydrogens (tertiary/aromatic N) is 3. The maximum Gasteiger partial charge on any atom is 0.144 e. The first-order valence-corrected chi connectivity index (χ1v) is 7.46. The molecule has 3 aromatic rings. The van der Waals surface area contributed by atoms with E-state index >= 15 is 0 Å². The van der Waals surface area contributed by atoms with Crippen LogP contribution in [0.15, 0.2) is 12.4 Å². The van der Waals surface area contributed by atoms with Gasteiger partial charge in [-0.2, -0.15) is 0 Å². The van der Waals surface area contributed by atoms with Crippen molar-refractivity contribution in [2.24, 2.45) is 0 Å².